The summed E-state index contributed by atoms with van der Waals surface area (Å²) in [4.78, 5) is 12.3. The van der Waals surface area contributed by atoms with Crippen LogP contribution in [0.15, 0.2) is 36.4 Å². The van der Waals surface area contributed by atoms with Crippen molar-refractivity contribution < 1.29 is 14.3 Å². The second-order valence-corrected chi connectivity index (χ2v) is 7.83. The number of rotatable bonds is 6. The van der Waals surface area contributed by atoms with Gasteiger partial charge >= 0.3 is 0 Å². The van der Waals surface area contributed by atoms with Crippen molar-refractivity contribution in [2.75, 3.05) is 19.5 Å². The number of nitrogens with zero attached hydrogens (tertiary/aromatic N) is 2. The highest BCUT2D eigenvalue weighted by Gasteiger charge is 2.16. The number of carbonyl (C=O) groups is 1. The lowest BCUT2D eigenvalue weighted by Gasteiger charge is -2.10. The van der Waals surface area contributed by atoms with Crippen LogP contribution in [0.2, 0.25) is 10.0 Å². The minimum Gasteiger partial charge on any atom is -0.493 e. The van der Waals surface area contributed by atoms with Gasteiger partial charge in [0.1, 0.15) is 0 Å². The van der Waals surface area contributed by atoms with Gasteiger partial charge in [0, 0.05) is 10.7 Å². The molecule has 29 heavy (non-hydrogen) atoms. The van der Waals surface area contributed by atoms with Gasteiger partial charge in [-0.05, 0) is 48.0 Å². The maximum atomic E-state index is 12.3. The SMILES string of the molecule is COc1cc(/C=C(\Cl)c2nnc(C(=O)Nc3ccc(Cl)cc3)s2)cc(Cl)c1OC. The quantitative estimate of drug-likeness (QED) is 0.489. The van der Waals surface area contributed by atoms with Crippen molar-refractivity contribution >= 4 is 68.8 Å². The van der Waals surface area contributed by atoms with E-state index in [1.165, 1.54) is 14.2 Å². The zero-order chi connectivity index (χ0) is 21.0. The minimum absolute atomic E-state index is 0.173. The summed E-state index contributed by atoms with van der Waals surface area (Å²) in [7, 11) is 3.02. The Morgan fingerprint density at radius 1 is 1.07 bits per heavy atom. The number of nitrogens with one attached hydrogen (secondary N) is 1. The van der Waals surface area contributed by atoms with E-state index >= 15 is 0 Å². The van der Waals surface area contributed by atoms with Crippen LogP contribution in [-0.4, -0.2) is 30.3 Å². The maximum Gasteiger partial charge on any atom is 0.286 e. The van der Waals surface area contributed by atoms with Gasteiger partial charge in [-0.3, -0.25) is 4.79 Å². The van der Waals surface area contributed by atoms with Crippen LogP contribution in [0.25, 0.3) is 11.1 Å². The molecule has 1 N–H and O–H groups in total. The van der Waals surface area contributed by atoms with Gasteiger partial charge in [-0.1, -0.05) is 46.1 Å². The maximum absolute atomic E-state index is 12.3. The number of methoxy groups -OCH3 is 2. The van der Waals surface area contributed by atoms with Crippen LogP contribution < -0.4 is 14.8 Å². The molecule has 0 bridgehead atoms. The monoisotopic (exact) mass is 469 g/mol. The third kappa shape index (κ3) is 5.19. The van der Waals surface area contributed by atoms with Gasteiger partial charge in [0.2, 0.25) is 5.01 Å². The Morgan fingerprint density at radius 3 is 2.41 bits per heavy atom. The molecule has 3 rings (SSSR count). The van der Waals surface area contributed by atoms with Gasteiger partial charge in [0.05, 0.1) is 24.3 Å². The number of hydrogen-bond donors (Lipinski definition) is 1. The standard InChI is InChI=1S/C19H14Cl3N3O3S/c1-27-15-9-10(7-13(21)16(15)28-2)8-14(22)18-24-25-19(29-18)17(26)23-12-5-3-11(20)4-6-12/h3-9H,1-2H3,(H,23,26)/b14-8-. The van der Waals surface area contributed by atoms with Crippen molar-refractivity contribution in [1.82, 2.24) is 10.2 Å². The molecule has 0 spiro atoms. The van der Waals surface area contributed by atoms with Crippen LogP contribution in [-0.2, 0) is 0 Å². The highest BCUT2D eigenvalue weighted by molar-refractivity contribution is 7.15. The van der Waals surface area contributed by atoms with Gasteiger partial charge in [0.25, 0.3) is 5.91 Å². The lowest BCUT2D eigenvalue weighted by atomic mass is 10.2. The molecular weight excluding hydrogens is 457 g/mol. The van der Waals surface area contributed by atoms with Crippen LogP contribution in [0.3, 0.4) is 0 Å². The van der Waals surface area contributed by atoms with Gasteiger partial charge in [-0.15, -0.1) is 10.2 Å². The summed E-state index contributed by atoms with van der Waals surface area (Å²) >= 11 is 19.5. The zero-order valence-electron chi connectivity index (χ0n) is 15.2. The summed E-state index contributed by atoms with van der Waals surface area (Å²) in [6, 6.07) is 10.1. The summed E-state index contributed by atoms with van der Waals surface area (Å²) < 4.78 is 10.5. The lowest BCUT2D eigenvalue weighted by molar-refractivity contribution is 0.102. The van der Waals surface area contributed by atoms with Crippen molar-refractivity contribution in [1.29, 1.82) is 0 Å². The molecule has 0 saturated carbocycles. The van der Waals surface area contributed by atoms with E-state index in [1.807, 2.05) is 0 Å². The van der Waals surface area contributed by atoms with E-state index in [1.54, 1.807) is 42.5 Å². The van der Waals surface area contributed by atoms with Crippen LogP contribution >= 0.6 is 46.1 Å². The molecule has 0 radical (unpaired) electrons. The predicted molar refractivity (Wildman–Crippen MR) is 118 cm³/mol. The Labute approximate surface area is 186 Å². The number of anilines is 1. The molecule has 3 aromatic rings. The van der Waals surface area contributed by atoms with E-state index in [4.69, 9.17) is 44.3 Å². The first-order chi connectivity index (χ1) is 13.9. The van der Waals surface area contributed by atoms with Gasteiger partial charge in [0.15, 0.2) is 16.5 Å². The molecule has 6 nitrogen and oxygen atoms in total. The minimum atomic E-state index is -0.394. The third-order valence-electron chi connectivity index (χ3n) is 3.67. The Hall–Kier alpha value is -2.32. The Balaban J connectivity index is 1.79. The van der Waals surface area contributed by atoms with Crippen LogP contribution in [0, 0.1) is 0 Å². The molecule has 1 aromatic heterocycles. The van der Waals surface area contributed by atoms with Gasteiger partial charge in [-0.25, -0.2) is 0 Å². The van der Waals surface area contributed by atoms with E-state index in [0.29, 0.717) is 42.8 Å². The predicted octanol–water partition coefficient (Wildman–Crippen LogP) is 5.85. The molecule has 0 atom stereocenters. The average molecular weight is 471 g/mol. The average Bonchev–Trinajstić information content (AvgIpc) is 3.20. The zero-order valence-corrected chi connectivity index (χ0v) is 18.3. The summed E-state index contributed by atoms with van der Waals surface area (Å²) in [5, 5.41) is 12.4. The molecule has 0 saturated heterocycles. The van der Waals surface area contributed by atoms with Crippen LogP contribution in [0.1, 0.15) is 20.4 Å². The van der Waals surface area contributed by atoms with Gasteiger partial charge < -0.3 is 14.8 Å². The number of hydrogen-bond acceptors (Lipinski definition) is 6. The van der Waals surface area contributed by atoms with Crippen molar-refractivity contribution in [3.8, 4) is 11.5 Å². The van der Waals surface area contributed by atoms with E-state index in [2.05, 4.69) is 15.5 Å². The number of ether oxygens (including phenoxy) is 2. The van der Waals surface area contributed by atoms with E-state index in [0.717, 1.165) is 11.3 Å². The van der Waals surface area contributed by atoms with Crippen molar-refractivity contribution in [2.45, 2.75) is 0 Å². The highest BCUT2D eigenvalue weighted by atomic mass is 35.5. The molecule has 0 aliphatic heterocycles. The molecule has 10 heteroatoms. The topological polar surface area (TPSA) is 73.3 Å². The lowest BCUT2D eigenvalue weighted by Crippen LogP contribution is -2.11. The Morgan fingerprint density at radius 2 is 1.76 bits per heavy atom. The molecular formula is C19H14Cl3N3O3S. The molecule has 2 aromatic carbocycles. The van der Waals surface area contributed by atoms with E-state index in [-0.39, 0.29) is 5.01 Å². The molecule has 1 amide bonds. The molecule has 0 fully saturated rings. The first-order valence-corrected chi connectivity index (χ1v) is 10.1. The first kappa shape index (κ1) is 21.4. The largest absolute Gasteiger partial charge is 0.493 e. The van der Waals surface area contributed by atoms with E-state index < -0.39 is 5.91 Å². The number of aromatic nitrogens is 2. The summed E-state index contributed by atoms with van der Waals surface area (Å²) in [5.41, 5.74) is 1.28. The fourth-order valence-corrected chi connectivity index (χ4v) is 3.71. The van der Waals surface area contributed by atoms with E-state index in [9.17, 15) is 4.79 Å². The normalized spacial score (nSPS) is 11.3. The number of halogens is 3. The Bertz CT molecular complexity index is 1070. The second-order valence-electron chi connectivity index (χ2n) is 5.60. The fraction of sp³-hybridized carbons (Fsp3) is 0.105. The summed E-state index contributed by atoms with van der Waals surface area (Å²) in [5.74, 6) is 0.505. The molecule has 1 heterocycles. The van der Waals surface area contributed by atoms with Crippen LogP contribution in [0.4, 0.5) is 5.69 Å². The molecule has 0 unspecified atom stereocenters. The van der Waals surface area contributed by atoms with Crippen molar-refractivity contribution in [3.63, 3.8) is 0 Å². The van der Waals surface area contributed by atoms with Crippen molar-refractivity contribution in [3.05, 3.63) is 62.0 Å². The summed E-state index contributed by atoms with van der Waals surface area (Å²) in [6.07, 6.45) is 1.65. The molecule has 0 aliphatic carbocycles. The smallest absolute Gasteiger partial charge is 0.286 e. The number of carbonyl (C=O) groups excluding carboxylic acids is 1. The number of amides is 1. The number of benzene rings is 2. The fourth-order valence-electron chi connectivity index (χ4n) is 2.36. The van der Waals surface area contributed by atoms with Crippen molar-refractivity contribution in [2.24, 2.45) is 0 Å². The third-order valence-corrected chi connectivity index (χ3v) is 5.56. The molecule has 0 aliphatic rings. The highest BCUT2D eigenvalue weighted by Crippen LogP contribution is 2.37. The van der Waals surface area contributed by atoms with Gasteiger partial charge in [-0.2, -0.15) is 0 Å². The van der Waals surface area contributed by atoms with Crippen LogP contribution in [0.5, 0.6) is 11.5 Å². The second kappa shape index (κ2) is 9.45. The molecule has 150 valence electrons. The summed E-state index contributed by atoms with van der Waals surface area (Å²) in [6.45, 7) is 0. The Kier molecular flexibility index (Phi) is 6.97. The first-order valence-electron chi connectivity index (χ1n) is 8.10.